The number of pyridine rings is 1. The molecule has 4 rings (SSSR count). The van der Waals surface area contributed by atoms with Crippen LogP contribution in [0.5, 0.6) is 0 Å². The van der Waals surface area contributed by atoms with E-state index in [0.29, 0.717) is 29.1 Å². The zero-order chi connectivity index (χ0) is 22.2. The molecule has 0 saturated carbocycles. The van der Waals surface area contributed by atoms with Crippen LogP contribution < -0.4 is 10.7 Å². The van der Waals surface area contributed by atoms with E-state index in [4.69, 9.17) is 11.6 Å². The first-order chi connectivity index (χ1) is 14.7. The van der Waals surface area contributed by atoms with Crippen molar-refractivity contribution in [1.82, 2.24) is 25.1 Å². The van der Waals surface area contributed by atoms with E-state index >= 15 is 0 Å². The Labute approximate surface area is 181 Å². The van der Waals surface area contributed by atoms with Crippen molar-refractivity contribution in [3.05, 3.63) is 52.9 Å². The number of halogens is 4. The van der Waals surface area contributed by atoms with Gasteiger partial charge in [-0.1, -0.05) is 11.6 Å². The first kappa shape index (κ1) is 21.4. The van der Waals surface area contributed by atoms with E-state index in [9.17, 15) is 18.0 Å². The van der Waals surface area contributed by atoms with Gasteiger partial charge in [-0.25, -0.2) is 9.99 Å². The molecule has 0 aliphatic carbocycles. The molecule has 1 atom stereocenters. The van der Waals surface area contributed by atoms with Gasteiger partial charge in [0.05, 0.1) is 23.0 Å². The van der Waals surface area contributed by atoms with E-state index < -0.39 is 11.9 Å². The number of nitrogens with zero attached hydrogens (tertiary/aromatic N) is 4. The van der Waals surface area contributed by atoms with Gasteiger partial charge in [-0.3, -0.25) is 9.48 Å². The Morgan fingerprint density at radius 2 is 2.10 bits per heavy atom. The monoisotopic (exact) mass is 452 g/mol. The number of alkyl halides is 3. The summed E-state index contributed by atoms with van der Waals surface area (Å²) in [4.78, 5) is 16.1. The van der Waals surface area contributed by atoms with Gasteiger partial charge in [0.1, 0.15) is 5.69 Å². The van der Waals surface area contributed by atoms with Crippen molar-refractivity contribution in [2.45, 2.75) is 25.1 Å². The van der Waals surface area contributed by atoms with Crippen LogP contribution in [0.1, 0.15) is 28.9 Å². The van der Waals surface area contributed by atoms with Crippen molar-refractivity contribution < 1.29 is 18.0 Å². The number of hydrogen-bond donors (Lipinski definition) is 2. The third-order valence-corrected chi connectivity index (χ3v) is 5.30. The van der Waals surface area contributed by atoms with Crippen molar-refractivity contribution in [2.24, 2.45) is 7.05 Å². The van der Waals surface area contributed by atoms with Crippen molar-refractivity contribution in [2.75, 3.05) is 18.5 Å². The van der Waals surface area contributed by atoms with Crippen LogP contribution in [0.25, 0.3) is 10.9 Å². The largest absolute Gasteiger partial charge is 0.433 e. The van der Waals surface area contributed by atoms with Gasteiger partial charge in [0.2, 0.25) is 0 Å². The molecule has 3 aromatic rings. The number of hydrazine groups is 1. The van der Waals surface area contributed by atoms with Crippen LogP contribution >= 0.6 is 11.6 Å². The highest BCUT2D eigenvalue weighted by Gasteiger charge is 2.34. The Bertz CT molecular complexity index is 1120. The topological polar surface area (TPSA) is 75.1 Å². The second-order valence-electron chi connectivity index (χ2n) is 7.49. The Kier molecular flexibility index (Phi) is 5.76. The lowest BCUT2D eigenvalue weighted by atomic mass is 10.1. The van der Waals surface area contributed by atoms with E-state index in [0.717, 1.165) is 18.9 Å². The molecule has 31 heavy (non-hydrogen) atoms. The van der Waals surface area contributed by atoms with Crippen molar-refractivity contribution in [3.8, 4) is 0 Å². The van der Waals surface area contributed by atoms with Gasteiger partial charge in [0.25, 0.3) is 5.91 Å². The second kappa shape index (κ2) is 8.35. The molecule has 164 valence electrons. The molecule has 1 fully saturated rings. The highest BCUT2D eigenvalue weighted by molar-refractivity contribution is 6.31. The SMILES string of the molecule is Cn1cc(C(=O)N[C@@H]2CCCN(Nc3cc(C(F)(F)F)nc4ccc(Cl)cc34)C2)cn1. The number of benzene rings is 1. The van der Waals surface area contributed by atoms with Crippen LogP contribution in [0.4, 0.5) is 18.9 Å². The normalized spacial score (nSPS) is 17.6. The maximum Gasteiger partial charge on any atom is 0.433 e. The number of fused-ring (bicyclic) bond motifs is 1. The number of aromatic nitrogens is 3. The zero-order valence-corrected chi connectivity index (χ0v) is 17.3. The van der Waals surface area contributed by atoms with Gasteiger partial charge in [-0.15, -0.1) is 0 Å². The fourth-order valence-corrected chi connectivity index (χ4v) is 3.78. The minimum absolute atomic E-state index is 0.160. The fraction of sp³-hybridized carbons (Fsp3) is 0.350. The molecule has 0 radical (unpaired) electrons. The van der Waals surface area contributed by atoms with Crippen LogP contribution in [0, 0.1) is 0 Å². The lowest BCUT2D eigenvalue weighted by molar-refractivity contribution is -0.140. The molecule has 1 saturated heterocycles. The van der Waals surface area contributed by atoms with Crippen molar-refractivity contribution in [1.29, 1.82) is 0 Å². The van der Waals surface area contributed by atoms with Gasteiger partial charge in [-0.2, -0.15) is 18.3 Å². The fourth-order valence-electron chi connectivity index (χ4n) is 3.61. The van der Waals surface area contributed by atoms with Gasteiger partial charge in [0, 0.05) is 42.8 Å². The summed E-state index contributed by atoms with van der Waals surface area (Å²) in [5.41, 5.74) is 3.01. The Hall–Kier alpha value is -2.85. The number of anilines is 1. The summed E-state index contributed by atoms with van der Waals surface area (Å²) in [5, 5.41) is 9.64. The number of piperidine rings is 1. The summed E-state index contributed by atoms with van der Waals surface area (Å²) < 4.78 is 41.6. The molecule has 0 spiro atoms. The van der Waals surface area contributed by atoms with Crippen LogP contribution in [0.2, 0.25) is 5.02 Å². The van der Waals surface area contributed by atoms with Gasteiger partial charge >= 0.3 is 6.18 Å². The molecule has 0 bridgehead atoms. The third-order valence-electron chi connectivity index (χ3n) is 5.06. The predicted molar refractivity (Wildman–Crippen MR) is 111 cm³/mol. The second-order valence-corrected chi connectivity index (χ2v) is 7.92. The highest BCUT2D eigenvalue weighted by atomic mass is 35.5. The van der Waals surface area contributed by atoms with Crippen LogP contribution in [-0.4, -0.2) is 44.8 Å². The van der Waals surface area contributed by atoms with Gasteiger partial charge in [0.15, 0.2) is 0 Å². The molecule has 2 N–H and O–H groups in total. The first-order valence-electron chi connectivity index (χ1n) is 9.67. The average molecular weight is 453 g/mol. The van der Waals surface area contributed by atoms with E-state index in [-0.39, 0.29) is 23.2 Å². The number of rotatable bonds is 4. The molecule has 3 heterocycles. The molecule has 7 nitrogen and oxygen atoms in total. The molecular weight excluding hydrogens is 433 g/mol. The highest BCUT2D eigenvalue weighted by Crippen LogP contribution is 2.34. The molecule has 1 aromatic carbocycles. The van der Waals surface area contributed by atoms with Crippen molar-refractivity contribution in [3.63, 3.8) is 0 Å². The minimum atomic E-state index is -4.58. The summed E-state index contributed by atoms with van der Waals surface area (Å²) >= 11 is 6.06. The number of amides is 1. The quantitative estimate of drug-likeness (QED) is 0.628. The summed E-state index contributed by atoms with van der Waals surface area (Å²) in [6, 6.07) is 5.37. The Morgan fingerprint density at radius 3 is 2.81 bits per heavy atom. The lowest BCUT2D eigenvalue weighted by Gasteiger charge is -2.34. The number of hydrogen-bond acceptors (Lipinski definition) is 5. The van der Waals surface area contributed by atoms with Crippen LogP contribution in [0.3, 0.4) is 0 Å². The van der Waals surface area contributed by atoms with Gasteiger partial charge in [-0.05, 0) is 37.1 Å². The smallest absolute Gasteiger partial charge is 0.348 e. The standard InChI is InChI=1S/C20H20ClF3N6O/c1-29-10-12(9-25-29)19(31)26-14-3-2-6-30(11-14)28-17-8-18(20(22,23)24)27-16-5-4-13(21)7-15(16)17/h4-5,7-10,14H,2-3,6,11H2,1H3,(H,26,31)(H,27,28)/t14-/m1/s1. The summed E-state index contributed by atoms with van der Waals surface area (Å²) in [5.74, 6) is -0.236. The molecule has 1 aliphatic heterocycles. The summed E-state index contributed by atoms with van der Waals surface area (Å²) in [6.45, 7) is 1.04. The van der Waals surface area contributed by atoms with Crippen LogP contribution in [-0.2, 0) is 13.2 Å². The van der Waals surface area contributed by atoms with E-state index in [1.165, 1.54) is 18.3 Å². The first-order valence-corrected chi connectivity index (χ1v) is 10.1. The molecule has 11 heteroatoms. The molecular formula is C20H20ClF3N6O. The number of carbonyl (C=O) groups excluding carboxylic acids is 1. The average Bonchev–Trinajstić information content (AvgIpc) is 3.14. The molecule has 1 aliphatic rings. The third kappa shape index (κ3) is 4.91. The van der Waals surface area contributed by atoms with E-state index in [2.05, 4.69) is 20.8 Å². The van der Waals surface area contributed by atoms with E-state index in [1.807, 2.05) is 0 Å². The Morgan fingerprint density at radius 1 is 1.29 bits per heavy atom. The number of nitrogens with one attached hydrogen (secondary N) is 2. The number of aryl methyl sites for hydroxylation is 1. The number of carbonyl (C=O) groups is 1. The maximum absolute atomic E-state index is 13.3. The van der Waals surface area contributed by atoms with Crippen LogP contribution in [0.15, 0.2) is 36.7 Å². The Balaban J connectivity index is 1.54. The lowest BCUT2D eigenvalue weighted by Crippen LogP contribution is -2.49. The zero-order valence-electron chi connectivity index (χ0n) is 16.6. The maximum atomic E-state index is 13.3. The predicted octanol–water partition coefficient (Wildman–Crippen LogP) is 3.86. The minimum Gasteiger partial charge on any atom is -0.348 e. The summed E-state index contributed by atoms with van der Waals surface area (Å²) in [7, 11) is 1.73. The van der Waals surface area contributed by atoms with Crippen molar-refractivity contribution >= 4 is 34.1 Å². The van der Waals surface area contributed by atoms with Gasteiger partial charge < -0.3 is 10.7 Å². The molecule has 2 aromatic heterocycles. The molecule has 0 unspecified atom stereocenters. The summed E-state index contributed by atoms with van der Waals surface area (Å²) in [6.07, 6.45) is 0.0631. The molecule has 1 amide bonds. The van der Waals surface area contributed by atoms with E-state index in [1.54, 1.807) is 29.0 Å².